The Morgan fingerprint density at radius 1 is 1.24 bits per heavy atom. The van der Waals surface area contributed by atoms with Gasteiger partial charge in [0, 0.05) is 18.7 Å². The Kier molecular flexibility index (Phi) is 3.21. The van der Waals surface area contributed by atoms with E-state index >= 15 is 0 Å². The molecule has 21 heavy (non-hydrogen) atoms. The topological polar surface area (TPSA) is 93.9 Å². The van der Waals surface area contributed by atoms with Gasteiger partial charge in [-0.2, -0.15) is 0 Å². The van der Waals surface area contributed by atoms with Gasteiger partial charge in [-0.15, -0.1) is 0 Å². The lowest BCUT2D eigenvalue weighted by Gasteiger charge is -2.20. The lowest BCUT2D eigenvalue weighted by molar-refractivity contribution is -0.119. The van der Waals surface area contributed by atoms with Crippen molar-refractivity contribution in [3.8, 4) is 11.5 Å². The number of benzene rings is 1. The zero-order chi connectivity index (χ0) is 15.1. The molecule has 3 rings (SSSR count). The highest BCUT2D eigenvalue weighted by Gasteiger charge is 2.41. The van der Waals surface area contributed by atoms with E-state index in [1.807, 2.05) is 0 Å². The molecule has 1 aromatic rings. The van der Waals surface area contributed by atoms with Crippen molar-refractivity contribution in [1.82, 2.24) is 4.90 Å². The van der Waals surface area contributed by atoms with Crippen molar-refractivity contribution in [2.24, 2.45) is 5.73 Å². The molecule has 0 spiro atoms. The average molecular weight is 291 g/mol. The van der Waals surface area contributed by atoms with Crippen LogP contribution in [0.2, 0.25) is 0 Å². The second-order valence-electron chi connectivity index (χ2n) is 5.21. The van der Waals surface area contributed by atoms with Gasteiger partial charge in [0.25, 0.3) is 5.91 Å². The smallest absolute Gasteiger partial charge is 0.256 e. The van der Waals surface area contributed by atoms with Gasteiger partial charge in [-0.1, -0.05) is 0 Å². The molecule has 7 heteroatoms. The summed E-state index contributed by atoms with van der Waals surface area (Å²) in [4.78, 5) is 26.5. The fourth-order valence-corrected chi connectivity index (χ4v) is 2.87. The summed E-state index contributed by atoms with van der Waals surface area (Å²) >= 11 is 0. The number of rotatable bonds is 2. The van der Waals surface area contributed by atoms with Crippen molar-refractivity contribution >= 4 is 17.5 Å². The normalized spacial score (nSPS) is 24.0. The molecule has 0 aliphatic carbocycles. The summed E-state index contributed by atoms with van der Waals surface area (Å²) in [6.45, 7) is 0.380. The first-order valence-corrected chi connectivity index (χ1v) is 6.68. The van der Waals surface area contributed by atoms with Crippen molar-refractivity contribution < 1.29 is 19.1 Å². The maximum Gasteiger partial charge on any atom is 0.256 e. The first kappa shape index (κ1) is 13.7. The molecule has 2 heterocycles. The lowest BCUT2D eigenvalue weighted by atomic mass is 10.1. The molecule has 7 nitrogen and oxygen atoms in total. The van der Waals surface area contributed by atoms with E-state index in [0.29, 0.717) is 35.7 Å². The highest BCUT2D eigenvalue weighted by atomic mass is 16.5. The minimum atomic E-state index is -0.517. The second-order valence-corrected chi connectivity index (χ2v) is 5.21. The highest BCUT2D eigenvalue weighted by molar-refractivity contribution is 6.10. The molecule has 0 saturated carbocycles. The third kappa shape index (κ3) is 2.09. The Balaban J connectivity index is 2.10. The van der Waals surface area contributed by atoms with Gasteiger partial charge < -0.3 is 25.4 Å². The van der Waals surface area contributed by atoms with Crippen LogP contribution in [-0.2, 0) is 4.79 Å². The van der Waals surface area contributed by atoms with Crippen molar-refractivity contribution in [3.63, 3.8) is 0 Å². The summed E-state index contributed by atoms with van der Waals surface area (Å²) in [6, 6.07) is 2.50. The van der Waals surface area contributed by atoms with Crippen LogP contribution in [0.15, 0.2) is 12.1 Å². The molecule has 0 unspecified atom stereocenters. The van der Waals surface area contributed by atoms with E-state index in [9.17, 15) is 9.59 Å². The quantitative estimate of drug-likeness (QED) is 0.811. The molecule has 2 atom stereocenters. The van der Waals surface area contributed by atoms with E-state index in [2.05, 4.69) is 5.32 Å². The van der Waals surface area contributed by atoms with Gasteiger partial charge in [-0.05, 0) is 12.5 Å². The minimum Gasteiger partial charge on any atom is -0.493 e. The van der Waals surface area contributed by atoms with Crippen LogP contribution in [0.4, 0.5) is 5.69 Å². The molecule has 0 bridgehead atoms. The molecule has 0 radical (unpaired) electrons. The first-order chi connectivity index (χ1) is 10.0. The number of ether oxygens (including phenoxy) is 2. The van der Waals surface area contributed by atoms with Crippen LogP contribution in [0.5, 0.6) is 11.5 Å². The number of nitrogens with two attached hydrogens (primary N) is 1. The number of hydrogen-bond acceptors (Lipinski definition) is 5. The molecule has 1 aromatic carbocycles. The van der Waals surface area contributed by atoms with E-state index < -0.39 is 6.04 Å². The van der Waals surface area contributed by atoms with Crippen molar-refractivity contribution in [2.45, 2.75) is 18.5 Å². The van der Waals surface area contributed by atoms with Crippen LogP contribution in [0.25, 0.3) is 0 Å². The molecule has 1 saturated heterocycles. The number of methoxy groups -OCH3 is 2. The number of anilines is 1. The van der Waals surface area contributed by atoms with Gasteiger partial charge in [0.2, 0.25) is 5.91 Å². The van der Waals surface area contributed by atoms with E-state index in [0.717, 1.165) is 0 Å². The number of amides is 2. The van der Waals surface area contributed by atoms with Gasteiger partial charge in [-0.25, -0.2) is 0 Å². The van der Waals surface area contributed by atoms with E-state index in [1.54, 1.807) is 12.1 Å². The summed E-state index contributed by atoms with van der Waals surface area (Å²) < 4.78 is 10.4. The predicted octanol–water partition coefficient (Wildman–Crippen LogP) is 0.198. The molecule has 2 aliphatic heterocycles. The van der Waals surface area contributed by atoms with Crippen LogP contribution in [-0.4, -0.2) is 49.6 Å². The van der Waals surface area contributed by atoms with Gasteiger partial charge in [0.1, 0.15) is 6.04 Å². The van der Waals surface area contributed by atoms with Crippen LogP contribution in [0.1, 0.15) is 16.8 Å². The number of carbonyl (C=O) groups excluding carboxylic acids is 2. The lowest BCUT2D eigenvalue weighted by Crippen LogP contribution is -2.40. The molecule has 2 amide bonds. The van der Waals surface area contributed by atoms with E-state index in [-0.39, 0.29) is 17.9 Å². The third-order valence-corrected chi connectivity index (χ3v) is 3.91. The summed E-state index contributed by atoms with van der Waals surface area (Å²) in [5.41, 5.74) is 6.70. The van der Waals surface area contributed by atoms with Gasteiger partial charge in [0.15, 0.2) is 11.5 Å². The molecular formula is C14H17N3O4. The Morgan fingerprint density at radius 3 is 2.57 bits per heavy atom. The van der Waals surface area contributed by atoms with Crippen LogP contribution < -0.4 is 20.5 Å². The van der Waals surface area contributed by atoms with Crippen molar-refractivity contribution in [3.05, 3.63) is 17.7 Å². The van der Waals surface area contributed by atoms with Crippen LogP contribution >= 0.6 is 0 Å². The third-order valence-electron chi connectivity index (χ3n) is 3.91. The Bertz CT molecular complexity index is 616. The number of carbonyl (C=O) groups is 2. The number of fused-ring (bicyclic) bond motifs is 2. The Hall–Kier alpha value is -2.28. The van der Waals surface area contributed by atoms with E-state index in [4.69, 9.17) is 15.2 Å². The van der Waals surface area contributed by atoms with Gasteiger partial charge >= 0.3 is 0 Å². The summed E-state index contributed by atoms with van der Waals surface area (Å²) in [6.07, 6.45) is 0.472. The number of nitrogens with one attached hydrogen (secondary N) is 1. The van der Waals surface area contributed by atoms with E-state index in [1.165, 1.54) is 19.1 Å². The monoisotopic (exact) mass is 291 g/mol. The second kappa shape index (κ2) is 4.92. The van der Waals surface area contributed by atoms with Crippen LogP contribution in [0, 0.1) is 0 Å². The summed E-state index contributed by atoms with van der Waals surface area (Å²) in [5, 5.41) is 2.78. The molecular weight excluding hydrogens is 274 g/mol. The van der Waals surface area contributed by atoms with Crippen molar-refractivity contribution in [1.29, 1.82) is 0 Å². The fourth-order valence-electron chi connectivity index (χ4n) is 2.87. The van der Waals surface area contributed by atoms with Crippen LogP contribution in [0.3, 0.4) is 0 Å². The average Bonchev–Trinajstić information content (AvgIpc) is 2.84. The zero-order valence-electron chi connectivity index (χ0n) is 11.9. The predicted molar refractivity (Wildman–Crippen MR) is 75.6 cm³/mol. The molecule has 1 fully saturated rings. The molecule has 2 aliphatic rings. The van der Waals surface area contributed by atoms with Crippen molar-refractivity contribution in [2.75, 3.05) is 26.1 Å². The maximum absolute atomic E-state index is 12.7. The SMILES string of the molecule is COc1cc2c(cc1OC)C(=O)N1C[C@@H](N)C[C@H]1C(=O)N2. The maximum atomic E-state index is 12.7. The van der Waals surface area contributed by atoms with Gasteiger partial charge in [0.05, 0.1) is 25.5 Å². The largest absolute Gasteiger partial charge is 0.493 e. The zero-order valence-corrected chi connectivity index (χ0v) is 11.9. The Labute approximate surface area is 122 Å². The standard InChI is InChI=1S/C14H17N3O4/c1-20-11-4-8-9(5-12(11)21-2)16-13(18)10-3-7(15)6-17(10)14(8)19/h4-5,7,10H,3,6,15H2,1-2H3,(H,16,18)/t7-,10-/m0/s1. The molecule has 112 valence electrons. The first-order valence-electron chi connectivity index (χ1n) is 6.68. The Morgan fingerprint density at radius 2 is 1.90 bits per heavy atom. The number of hydrogen-bond donors (Lipinski definition) is 2. The molecule has 0 aromatic heterocycles. The summed E-state index contributed by atoms with van der Waals surface area (Å²) in [5.74, 6) is 0.466. The highest BCUT2D eigenvalue weighted by Crippen LogP contribution is 2.36. The summed E-state index contributed by atoms with van der Waals surface area (Å²) in [7, 11) is 3.00. The minimum absolute atomic E-state index is 0.175. The molecule has 3 N–H and O–H groups in total. The number of nitrogens with zero attached hydrogens (tertiary/aromatic N) is 1. The fraction of sp³-hybridized carbons (Fsp3) is 0.429. The van der Waals surface area contributed by atoms with Gasteiger partial charge in [-0.3, -0.25) is 9.59 Å².